The Labute approximate surface area is 67.7 Å². The van der Waals surface area contributed by atoms with Crippen molar-refractivity contribution < 1.29 is 0 Å². The van der Waals surface area contributed by atoms with Crippen molar-refractivity contribution >= 4 is 5.69 Å². The Morgan fingerprint density at radius 3 is 2.55 bits per heavy atom. The van der Waals surface area contributed by atoms with Gasteiger partial charge in [-0.15, -0.1) is 0 Å². The van der Waals surface area contributed by atoms with Crippen molar-refractivity contribution in [3.05, 3.63) is 24.0 Å². The average Bonchev–Trinajstić information content (AvgIpc) is 1.93. The second kappa shape index (κ2) is 3.37. The molecule has 1 rings (SSSR count). The van der Waals surface area contributed by atoms with Crippen LogP contribution in [0.5, 0.6) is 0 Å². The lowest BCUT2D eigenvalue weighted by molar-refractivity contribution is 0.897. The number of nitrogens with one attached hydrogen (secondary N) is 1. The van der Waals surface area contributed by atoms with Crippen LogP contribution in [0.3, 0.4) is 0 Å². The number of pyridine rings is 1. The van der Waals surface area contributed by atoms with Crippen molar-refractivity contribution in [1.82, 2.24) is 4.98 Å². The van der Waals surface area contributed by atoms with Gasteiger partial charge >= 0.3 is 0 Å². The fourth-order valence-corrected chi connectivity index (χ4v) is 0.887. The predicted molar refractivity (Wildman–Crippen MR) is 47.7 cm³/mol. The van der Waals surface area contributed by atoms with E-state index in [2.05, 4.69) is 24.1 Å². The zero-order chi connectivity index (χ0) is 8.27. The summed E-state index contributed by atoms with van der Waals surface area (Å²) in [6.07, 6.45) is 1.86. The molecule has 1 aromatic rings. The molecule has 0 atom stereocenters. The molecule has 0 aliphatic rings. The van der Waals surface area contributed by atoms with Crippen molar-refractivity contribution in [1.29, 1.82) is 0 Å². The number of hydrogen-bond donors (Lipinski definition) is 1. The molecule has 0 radical (unpaired) electrons. The van der Waals surface area contributed by atoms with Crippen molar-refractivity contribution in [2.45, 2.75) is 26.8 Å². The molecule has 2 nitrogen and oxygen atoms in total. The van der Waals surface area contributed by atoms with Crippen molar-refractivity contribution in [3.8, 4) is 0 Å². The van der Waals surface area contributed by atoms with E-state index < -0.39 is 0 Å². The van der Waals surface area contributed by atoms with Crippen LogP contribution in [0, 0.1) is 6.92 Å². The summed E-state index contributed by atoms with van der Waals surface area (Å²) in [6, 6.07) is 4.52. The van der Waals surface area contributed by atoms with E-state index in [1.54, 1.807) is 0 Å². The molecule has 0 bridgehead atoms. The molecule has 0 unspecified atom stereocenters. The van der Waals surface area contributed by atoms with Gasteiger partial charge in [0.25, 0.3) is 0 Å². The molecule has 0 saturated heterocycles. The molecule has 0 spiro atoms. The quantitative estimate of drug-likeness (QED) is 0.699. The number of aryl methyl sites for hydroxylation is 1. The van der Waals surface area contributed by atoms with Crippen LogP contribution in [0.15, 0.2) is 18.3 Å². The van der Waals surface area contributed by atoms with Gasteiger partial charge in [0.05, 0.1) is 11.9 Å². The summed E-state index contributed by atoms with van der Waals surface area (Å²) in [4.78, 5) is 4.17. The van der Waals surface area contributed by atoms with E-state index in [9.17, 15) is 0 Å². The SMILES string of the molecule is Cc1ccc(NC(C)C)cn1. The van der Waals surface area contributed by atoms with E-state index in [0.717, 1.165) is 11.4 Å². The highest BCUT2D eigenvalue weighted by Gasteiger charge is 1.93. The van der Waals surface area contributed by atoms with Crippen LogP contribution in [0.4, 0.5) is 5.69 Å². The minimum Gasteiger partial charge on any atom is -0.382 e. The number of rotatable bonds is 2. The third kappa shape index (κ3) is 2.58. The first-order valence-electron chi connectivity index (χ1n) is 3.87. The summed E-state index contributed by atoms with van der Waals surface area (Å²) in [6.45, 7) is 6.21. The molecule has 0 aliphatic carbocycles. The van der Waals surface area contributed by atoms with Gasteiger partial charge in [-0.25, -0.2) is 0 Å². The Hall–Kier alpha value is -1.05. The number of nitrogens with zero attached hydrogens (tertiary/aromatic N) is 1. The lowest BCUT2D eigenvalue weighted by Crippen LogP contribution is -2.09. The third-order valence-corrected chi connectivity index (χ3v) is 1.37. The normalized spacial score (nSPS) is 10.2. The van der Waals surface area contributed by atoms with Crippen LogP contribution in [-0.4, -0.2) is 11.0 Å². The van der Waals surface area contributed by atoms with Crippen molar-refractivity contribution in [2.75, 3.05) is 5.32 Å². The average molecular weight is 150 g/mol. The maximum atomic E-state index is 4.17. The largest absolute Gasteiger partial charge is 0.382 e. The second-order valence-electron chi connectivity index (χ2n) is 2.99. The highest BCUT2D eigenvalue weighted by atomic mass is 14.9. The van der Waals surface area contributed by atoms with Crippen molar-refractivity contribution in [2.24, 2.45) is 0 Å². The molecule has 1 heterocycles. The van der Waals surface area contributed by atoms with E-state index in [4.69, 9.17) is 0 Å². The molecule has 0 aliphatic heterocycles. The molecule has 1 aromatic heterocycles. The van der Waals surface area contributed by atoms with Crippen molar-refractivity contribution in [3.63, 3.8) is 0 Å². The van der Waals surface area contributed by atoms with E-state index >= 15 is 0 Å². The zero-order valence-corrected chi connectivity index (χ0v) is 7.26. The van der Waals surface area contributed by atoms with E-state index in [-0.39, 0.29) is 0 Å². The van der Waals surface area contributed by atoms with Gasteiger partial charge in [-0.1, -0.05) is 0 Å². The van der Waals surface area contributed by atoms with Gasteiger partial charge < -0.3 is 5.32 Å². The van der Waals surface area contributed by atoms with Gasteiger partial charge in [0, 0.05) is 11.7 Å². The molecule has 1 N–H and O–H groups in total. The predicted octanol–water partition coefficient (Wildman–Crippen LogP) is 2.21. The molecule has 11 heavy (non-hydrogen) atoms. The molecular weight excluding hydrogens is 136 g/mol. The molecule has 60 valence electrons. The Balaban J connectivity index is 2.66. The smallest absolute Gasteiger partial charge is 0.0528 e. The van der Waals surface area contributed by atoms with E-state index in [1.807, 2.05) is 25.3 Å². The lowest BCUT2D eigenvalue weighted by Gasteiger charge is -2.08. The summed E-state index contributed by atoms with van der Waals surface area (Å²) in [7, 11) is 0. The summed E-state index contributed by atoms with van der Waals surface area (Å²) >= 11 is 0. The topological polar surface area (TPSA) is 24.9 Å². The molecule has 0 fully saturated rings. The van der Waals surface area contributed by atoms with Gasteiger partial charge in [0.2, 0.25) is 0 Å². The Morgan fingerprint density at radius 1 is 1.36 bits per heavy atom. The van der Waals surface area contributed by atoms with E-state index in [1.165, 1.54) is 0 Å². The zero-order valence-electron chi connectivity index (χ0n) is 7.26. The minimum atomic E-state index is 0.472. The van der Waals surface area contributed by atoms with Crippen LogP contribution in [-0.2, 0) is 0 Å². The summed E-state index contributed by atoms with van der Waals surface area (Å²) in [5.41, 5.74) is 2.14. The standard InChI is InChI=1S/C9H14N2/c1-7(2)11-9-5-4-8(3)10-6-9/h4-7,11H,1-3H3. The fraction of sp³-hybridized carbons (Fsp3) is 0.444. The fourth-order valence-electron chi connectivity index (χ4n) is 0.887. The van der Waals surface area contributed by atoms with Gasteiger partial charge in [0.1, 0.15) is 0 Å². The monoisotopic (exact) mass is 150 g/mol. The Bertz CT molecular complexity index is 214. The molecule has 0 aromatic carbocycles. The van der Waals surface area contributed by atoms with Crippen LogP contribution in [0.25, 0.3) is 0 Å². The van der Waals surface area contributed by atoms with Gasteiger partial charge in [-0.3, -0.25) is 4.98 Å². The van der Waals surface area contributed by atoms with Crippen LogP contribution >= 0.6 is 0 Å². The molecule has 0 amide bonds. The van der Waals surface area contributed by atoms with Crippen LogP contribution in [0.1, 0.15) is 19.5 Å². The number of aromatic nitrogens is 1. The second-order valence-corrected chi connectivity index (χ2v) is 2.99. The van der Waals surface area contributed by atoms with Crippen LogP contribution < -0.4 is 5.32 Å². The maximum absolute atomic E-state index is 4.17. The number of anilines is 1. The first-order chi connectivity index (χ1) is 5.18. The summed E-state index contributed by atoms with van der Waals surface area (Å²) in [5.74, 6) is 0. The summed E-state index contributed by atoms with van der Waals surface area (Å²) < 4.78 is 0. The van der Waals surface area contributed by atoms with Crippen LogP contribution in [0.2, 0.25) is 0 Å². The maximum Gasteiger partial charge on any atom is 0.0528 e. The van der Waals surface area contributed by atoms with E-state index in [0.29, 0.717) is 6.04 Å². The summed E-state index contributed by atoms with van der Waals surface area (Å²) in [5, 5.41) is 3.27. The lowest BCUT2D eigenvalue weighted by atomic mass is 10.3. The van der Waals surface area contributed by atoms with Gasteiger partial charge in [-0.2, -0.15) is 0 Å². The number of hydrogen-bond acceptors (Lipinski definition) is 2. The first kappa shape index (κ1) is 8.05. The van der Waals surface area contributed by atoms with Gasteiger partial charge in [-0.05, 0) is 32.9 Å². The molecular formula is C9H14N2. The third-order valence-electron chi connectivity index (χ3n) is 1.37. The van der Waals surface area contributed by atoms with Gasteiger partial charge in [0.15, 0.2) is 0 Å². The highest BCUT2D eigenvalue weighted by Crippen LogP contribution is 2.06. The molecule has 0 saturated carbocycles. The molecule has 2 heteroatoms. The first-order valence-corrected chi connectivity index (χ1v) is 3.87. The highest BCUT2D eigenvalue weighted by molar-refractivity contribution is 5.41. The Kier molecular flexibility index (Phi) is 2.47. The minimum absolute atomic E-state index is 0.472. The Morgan fingerprint density at radius 2 is 2.09 bits per heavy atom.